The summed E-state index contributed by atoms with van der Waals surface area (Å²) in [6.45, 7) is -0.314. The van der Waals surface area contributed by atoms with Crippen LogP contribution in [-0.4, -0.2) is 44.3 Å². The summed E-state index contributed by atoms with van der Waals surface area (Å²) in [4.78, 5) is 25.6. The fourth-order valence-electron chi connectivity index (χ4n) is 3.63. The second kappa shape index (κ2) is 6.55. The number of aromatic nitrogens is 2. The Kier molecular flexibility index (Phi) is 4.22. The maximum Gasteiger partial charge on any atom is 0.323 e. The number of carboxylic acid groups (broad SMARTS) is 1. The monoisotopic (exact) mass is 357 g/mol. The molecule has 2 aliphatic rings. The molecule has 1 saturated carbocycles. The lowest BCUT2D eigenvalue weighted by atomic mass is 9.95. The Morgan fingerprint density at radius 2 is 2.04 bits per heavy atom. The van der Waals surface area contributed by atoms with Crippen molar-refractivity contribution in [3.05, 3.63) is 47.0 Å². The van der Waals surface area contributed by atoms with Crippen molar-refractivity contribution in [2.24, 2.45) is 0 Å². The molecule has 0 unspecified atom stereocenters. The van der Waals surface area contributed by atoms with Gasteiger partial charge in [-0.05, 0) is 56.7 Å². The number of carbonyl (C=O) groups excluding carboxylic acids is 1. The molecular formula is C19H20FN3O3. The van der Waals surface area contributed by atoms with Crippen LogP contribution in [0.3, 0.4) is 0 Å². The van der Waals surface area contributed by atoms with Gasteiger partial charge in [-0.2, -0.15) is 5.10 Å². The number of carbonyl (C=O) groups is 2. The van der Waals surface area contributed by atoms with Crippen LogP contribution in [0.2, 0.25) is 0 Å². The Morgan fingerprint density at radius 3 is 2.73 bits per heavy atom. The number of hydrogen-bond acceptors (Lipinski definition) is 3. The molecule has 1 amide bonds. The molecule has 1 aromatic heterocycles. The van der Waals surface area contributed by atoms with Gasteiger partial charge in [0.15, 0.2) is 5.69 Å². The minimum Gasteiger partial charge on any atom is -0.480 e. The zero-order valence-corrected chi connectivity index (χ0v) is 14.3. The number of nitrogens with zero attached hydrogens (tertiary/aromatic N) is 3. The topological polar surface area (TPSA) is 75.4 Å². The third-order valence-corrected chi connectivity index (χ3v) is 4.99. The van der Waals surface area contributed by atoms with E-state index in [1.54, 1.807) is 16.8 Å². The second-order valence-corrected chi connectivity index (χ2v) is 6.93. The van der Waals surface area contributed by atoms with Gasteiger partial charge in [0.2, 0.25) is 0 Å². The van der Waals surface area contributed by atoms with Crippen molar-refractivity contribution < 1.29 is 19.1 Å². The van der Waals surface area contributed by atoms with Gasteiger partial charge < -0.3 is 10.0 Å². The molecule has 136 valence electrons. The first-order valence-corrected chi connectivity index (χ1v) is 8.94. The van der Waals surface area contributed by atoms with Crippen molar-refractivity contribution in [2.45, 2.75) is 44.6 Å². The molecule has 1 heterocycles. The van der Waals surface area contributed by atoms with Crippen LogP contribution in [0.5, 0.6) is 0 Å². The van der Waals surface area contributed by atoms with Crippen LogP contribution < -0.4 is 0 Å². The van der Waals surface area contributed by atoms with E-state index >= 15 is 0 Å². The predicted molar refractivity (Wildman–Crippen MR) is 91.9 cm³/mol. The quantitative estimate of drug-likeness (QED) is 0.892. The molecule has 0 radical (unpaired) electrons. The van der Waals surface area contributed by atoms with Gasteiger partial charge in [-0.15, -0.1) is 0 Å². The number of halogens is 1. The zero-order chi connectivity index (χ0) is 18.3. The number of aliphatic carboxylic acids is 1. The average molecular weight is 357 g/mol. The van der Waals surface area contributed by atoms with Gasteiger partial charge in [0.05, 0.1) is 5.69 Å². The number of rotatable bonds is 5. The first-order valence-electron chi connectivity index (χ1n) is 8.94. The molecule has 7 heteroatoms. The van der Waals surface area contributed by atoms with Crippen molar-refractivity contribution in [3.63, 3.8) is 0 Å². The van der Waals surface area contributed by atoms with Crippen LogP contribution in [0.25, 0.3) is 5.69 Å². The summed E-state index contributed by atoms with van der Waals surface area (Å²) in [7, 11) is 0. The highest BCUT2D eigenvalue weighted by molar-refractivity contribution is 5.96. The molecule has 1 fully saturated rings. The van der Waals surface area contributed by atoms with Gasteiger partial charge in [0, 0.05) is 17.3 Å². The molecular weight excluding hydrogens is 337 g/mol. The molecule has 1 aromatic carbocycles. The highest BCUT2D eigenvalue weighted by Gasteiger charge is 2.37. The van der Waals surface area contributed by atoms with Crippen LogP contribution in [0, 0.1) is 5.82 Å². The molecule has 2 aliphatic carbocycles. The number of benzene rings is 1. The van der Waals surface area contributed by atoms with Gasteiger partial charge >= 0.3 is 5.97 Å². The largest absolute Gasteiger partial charge is 0.480 e. The first kappa shape index (κ1) is 16.8. The SMILES string of the molecule is O=C(O)CN(C(=O)c1nn(-c2cccc(F)c2)c2c1CCCC2)C1CC1. The summed E-state index contributed by atoms with van der Waals surface area (Å²) < 4.78 is 15.3. The second-order valence-electron chi connectivity index (χ2n) is 6.93. The summed E-state index contributed by atoms with van der Waals surface area (Å²) in [5, 5.41) is 13.7. The Balaban J connectivity index is 1.76. The van der Waals surface area contributed by atoms with E-state index in [2.05, 4.69) is 5.10 Å². The normalized spacial score (nSPS) is 16.2. The van der Waals surface area contributed by atoms with Crippen LogP contribution in [0.15, 0.2) is 24.3 Å². The lowest BCUT2D eigenvalue weighted by Gasteiger charge is -2.20. The van der Waals surface area contributed by atoms with Gasteiger partial charge in [-0.3, -0.25) is 9.59 Å². The van der Waals surface area contributed by atoms with Crippen molar-refractivity contribution in [1.29, 1.82) is 0 Å². The number of hydrogen-bond donors (Lipinski definition) is 1. The van der Waals surface area contributed by atoms with Crippen LogP contribution in [0.4, 0.5) is 4.39 Å². The summed E-state index contributed by atoms with van der Waals surface area (Å²) >= 11 is 0. The fourth-order valence-corrected chi connectivity index (χ4v) is 3.63. The third kappa shape index (κ3) is 3.09. The van der Waals surface area contributed by atoms with E-state index in [0.717, 1.165) is 49.8 Å². The Hall–Kier alpha value is -2.70. The molecule has 0 saturated heterocycles. The highest BCUT2D eigenvalue weighted by Crippen LogP contribution is 2.32. The van der Waals surface area contributed by atoms with E-state index in [-0.39, 0.29) is 24.3 Å². The molecule has 1 N–H and O–H groups in total. The maximum absolute atomic E-state index is 13.7. The third-order valence-electron chi connectivity index (χ3n) is 4.99. The van der Waals surface area contributed by atoms with Crippen LogP contribution in [0.1, 0.15) is 47.4 Å². The standard InChI is InChI=1S/C19H20FN3O3/c20-12-4-3-5-14(10-12)23-16-7-2-1-6-15(16)18(21-23)19(26)22(11-17(24)25)13-8-9-13/h3-5,10,13H,1-2,6-9,11H2,(H,24,25). The Labute approximate surface area is 150 Å². The van der Waals surface area contributed by atoms with E-state index in [1.807, 2.05) is 0 Å². The summed E-state index contributed by atoms with van der Waals surface area (Å²) in [6, 6.07) is 6.12. The lowest BCUT2D eigenvalue weighted by Crippen LogP contribution is -2.38. The van der Waals surface area contributed by atoms with Crippen molar-refractivity contribution in [3.8, 4) is 5.69 Å². The number of fused-ring (bicyclic) bond motifs is 1. The number of amides is 1. The van der Waals surface area contributed by atoms with E-state index in [0.29, 0.717) is 11.4 Å². The van der Waals surface area contributed by atoms with Crippen LogP contribution in [-0.2, 0) is 17.6 Å². The molecule has 6 nitrogen and oxygen atoms in total. The summed E-state index contributed by atoms with van der Waals surface area (Å²) in [5.74, 6) is -1.71. The molecule has 26 heavy (non-hydrogen) atoms. The van der Waals surface area contributed by atoms with E-state index in [1.165, 1.54) is 17.0 Å². The molecule has 2 aromatic rings. The van der Waals surface area contributed by atoms with Crippen molar-refractivity contribution in [2.75, 3.05) is 6.54 Å². The van der Waals surface area contributed by atoms with Crippen molar-refractivity contribution >= 4 is 11.9 Å². The number of carboxylic acids is 1. The molecule has 0 spiro atoms. The summed E-state index contributed by atoms with van der Waals surface area (Å²) in [5.41, 5.74) is 2.70. The predicted octanol–water partition coefficient (Wildman–Crippen LogP) is 2.58. The molecule has 0 bridgehead atoms. The first-order chi connectivity index (χ1) is 12.5. The van der Waals surface area contributed by atoms with Crippen molar-refractivity contribution in [1.82, 2.24) is 14.7 Å². The zero-order valence-electron chi connectivity index (χ0n) is 14.3. The maximum atomic E-state index is 13.7. The average Bonchev–Trinajstić information content (AvgIpc) is 3.39. The molecule has 0 atom stereocenters. The van der Waals surface area contributed by atoms with Gasteiger partial charge in [-0.1, -0.05) is 6.07 Å². The fraction of sp³-hybridized carbons (Fsp3) is 0.421. The van der Waals surface area contributed by atoms with Gasteiger partial charge in [0.25, 0.3) is 5.91 Å². The van der Waals surface area contributed by atoms with Gasteiger partial charge in [0.1, 0.15) is 12.4 Å². The highest BCUT2D eigenvalue weighted by atomic mass is 19.1. The smallest absolute Gasteiger partial charge is 0.323 e. The van der Waals surface area contributed by atoms with E-state index in [9.17, 15) is 14.0 Å². The lowest BCUT2D eigenvalue weighted by molar-refractivity contribution is -0.137. The van der Waals surface area contributed by atoms with E-state index in [4.69, 9.17) is 5.11 Å². The summed E-state index contributed by atoms with van der Waals surface area (Å²) in [6.07, 6.45) is 5.11. The Bertz CT molecular complexity index is 873. The van der Waals surface area contributed by atoms with Crippen LogP contribution >= 0.6 is 0 Å². The minimum absolute atomic E-state index is 0.0165. The van der Waals surface area contributed by atoms with E-state index < -0.39 is 5.97 Å². The molecule has 4 rings (SSSR count). The molecule has 0 aliphatic heterocycles. The minimum atomic E-state index is -1.02. The Morgan fingerprint density at radius 1 is 1.27 bits per heavy atom. The van der Waals surface area contributed by atoms with Gasteiger partial charge in [-0.25, -0.2) is 9.07 Å².